The lowest BCUT2D eigenvalue weighted by Gasteiger charge is -2.26. The largest absolute Gasteiger partial charge is 0.493 e. The van der Waals surface area contributed by atoms with Crippen LogP contribution in [0.15, 0.2) is 79.7 Å². The first kappa shape index (κ1) is 28.0. The Morgan fingerprint density at radius 2 is 1.45 bits per heavy atom. The number of carbonyl (C=O) groups excluding carboxylic acids is 1. The van der Waals surface area contributed by atoms with Crippen LogP contribution in [0.5, 0.6) is 5.75 Å². The van der Waals surface area contributed by atoms with Gasteiger partial charge in [0.1, 0.15) is 5.75 Å². The summed E-state index contributed by atoms with van der Waals surface area (Å²) < 4.78 is 6.34. The van der Waals surface area contributed by atoms with Crippen molar-refractivity contribution in [1.82, 2.24) is 9.80 Å². The quantitative estimate of drug-likeness (QED) is 0.365. The summed E-state index contributed by atoms with van der Waals surface area (Å²) in [6.07, 6.45) is 3.62. The molecule has 0 aliphatic carbocycles. The summed E-state index contributed by atoms with van der Waals surface area (Å²) >= 11 is 0. The van der Waals surface area contributed by atoms with Gasteiger partial charge in [0.2, 0.25) is 0 Å². The van der Waals surface area contributed by atoms with Gasteiger partial charge in [-0.3, -0.25) is 4.79 Å². The van der Waals surface area contributed by atoms with E-state index in [1.54, 1.807) is 0 Å². The monoisotopic (exact) mass is 562 g/mol. The van der Waals surface area contributed by atoms with E-state index in [0.717, 1.165) is 83.1 Å². The van der Waals surface area contributed by atoms with Crippen LogP contribution < -0.4 is 15.4 Å². The van der Waals surface area contributed by atoms with E-state index in [-0.39, 0.29) is 18.0 Å². The Morgan fingerprint density at radius 3 is 2.14 bits per heavy atom. The zero-order valence-corrected chi connectivity index (χ0v) is 25.2. The maximum absolute atomic E-state index is 13.3. The Morgan fingerprint density at radius 1 is 0.857 bits per heavy atom. The fourth-order valence-corrected chi connectivity index (χ4v) is 6.75. The first-order valence-electron chi connectivity index (χ1n) is 14.9. The van der Waals surface area contributed by atoms with Crippen LogP contribution in [0, 0.1) is 19.8 Å². The zero-order chi connectivity index (χ0) is 29.9. The van der Waals surface area contributed by atoms with Crippen molar-refractivity contribution in [2.75, 3.05) is 30.3 Å². The van der Waals surface area contributed by atoms with Crippen LogP contribution >= 0.6 is 0 Å². The number of benzene rings is 2. The highest BCUT2D eigenvalue weighted by Crippen LogP contribution is 2.41. The molecule has 3 unspecified atom stereocenters. The van der Waals surface area contributed by atoms with Crippen molar-refractivity contribution in [3.63, 3.8) is 0 Å². The smallest absolute Gasteiger partial charge is 0.256 e. The molecule has 0 saturated carbocycles. The molecule has 0 radical (unpaired) electrons. The molecule has 2 aromatic carbocycles. The highest BCUT2D eigenvalue weighted by Gasteiger charge is 2.37. The Balaban J connectivity index is 1.11. The summed E-state index contributed by atoms with van der Waals surface area (Å²) in [6, 6.07) is 8.59. The first-order chi connectivity index (χ1) is 20.0. The zero-order valence-electron chi connectivity index (χ0n) is 25.2. The summed E-state index contributed by atoms with van der Waals surface area (Å²) in [5.41, 5.74) is 12.4. The molecule has 2 saturated heterocycles. The summed E-state index contributed by atoms with van der Waals surface area (Å²) in [5, 5.41) is 7.00. The third kappa shape index (κ3) is 4.93. The van der Waals surface area contributed by atoms with Crippen LogP contribution in [-0.4, -0.2) is 47.5 Å². The lowest BCUT2D eigenvalue weighted by atomic mass is 9.95. The van der Waals surface area contributed by atoms with Crippen molar-refractivity contribution in [2.24, 2.45) is 5.92 Å². The van der Waals surface area contributed by atoms with Crippen molar-refractivity contribution >= 4 is 23.0 Å². The van der Waals surface area contributed by atoms with Gasteiger partial charge in [0.25, 0.3) is 5.91 Å². The Kier molecular flexibility index (Phi) is 7.04. The normalized spacial score (nSPS) is 22.1. The average Bonchev–Trinajstić information content (AvgIpc) is 3.50. The Labute approximate surface area is 250 Å². The summed E-state index contributed by atoms with van der Waals surface area (Å²) in [7, 11) is 0. The molecule has 2 fully saturated rings. The van der Waals surface area contributed by atoms with Gasteiger partial charge >= 0.3 is 0 Å². The van der Waals surface area contributed by atoms with Crippen molar-refractivity contribution in [3.8, 4) is 5.75 Å². The summed E-state index contributed by atoms with van der Waals surface area (Å²) in [5.74, 6) is 1.16. The maximum atomic E-state index is 13.3. The molecule has 2 aromatic rings. The van der Waals surface area contributed by atoms with E-state index in [4.69, 9.17) is 4.74 Å². The van der Waals surface area contributed by atoms with Crippen molar-refractivity contribution in [1.29, 1.82) is 0 Å². The Hall–Kier alpha value is -4.19. The number of amides is 1. The van der Waals surface area contributed by atoms with Crippen LogP contribution in [0.25, 0.3) is 5.70 Å². The van der Waals surface area contributed by atoms with E-state index in [2.05, 4.69) is 74.4 Å². The number of nitrogens with one attached hydrogen (secondary N) is 2. The molecule has 6 heteroatoms. The standard InChI is InChI=1S/C36H42N4O2/c1-20(9-10-28-15-31-29(13-23(28)4)27(8)39-17-21(2)11-33(39)25(6)37-31)19-42-35-16-32-30(14-24(35)5)36(41)40-18-22(3)12-34(40)26(7)38-32/h13-16,20,33-34,37-38H,2-3,6-12,17-19H2,1,4-5H3. The minimum absolute atomic E-state index is 0.0198. The highest BCUT2D eigenvalue weighted by atomic mass is 16.5. The van der Waals surface area contributed by atoms with Crippen LogP contribution in [0.2, 0.25) is 0 Å². The van der Waals surface area contributed by atoms with Gasteiger partial charge < -0.3 is 25.2 Å². The number of hydrogen-bond donors (Lipinski definition) is 2. The second kappa shape index (κ2) is 10.6. The number of carbonyl (C=O) groups is 1. The van der Waals surface area contributed by atoms with Crippen LogP contribution in [0.4, 0.5) is 11.4 Å². The minimum atomic E-state index is -0.0537. The van der Waals surface area contributed by atoms with Gasteiger partial charge in [-0.1, -0.05) is 51.0 Å². The van der Waals surface area contributed by atoms with Gasteiger partial charge in [0, 0.05) is 47.5 Å². The van der Waals surface area contributed by atoms with Gasteiger partial charge in [0.15, 0.2) is 0 Å². The SMILES string of the molecule is C=C1CC2C(=C)Nc3cc(CCC(C)COc4cc5c(cc4C)C(=O)N4CC(=C)CC4C(=C)N5)c(C)cc3C(=C)N2C1. The van der Waals surface area contributed by atoms with E-state index in [0.29, 0.717) is 24.6 Å². The second-order valence-electron chi connectivity index (χ2n) is 12.7. The van der Waals surface area contributed by atoms with E-state index in [1.807, 2.05) is 24.0 Å². The highest BCUT2D eigenvalue weighted by molar-refractivity contribution is 6.02. The minimum Gasteiger partial charge on any atom is -0.493 e. The number of ether oxygens (including phenoxy) is 1. The molecular formula is C36H42N4O2. The van der Waals surface area contributed by atoms with E-state index in [1.165, 1.54) is 16.7 Å². The lowest BCUT2D eigenvalue weighted by Crippen LogP contribution is -2.35. The molecule has 3 atom stereocenters. The number of fused-ring (bicyclic) bond motifs is 4. The number of aryl methyl sites for hydroxylation is 3. The first-order valence-corrected chi connectivity index (χ1v) is 14.9. The van der Waals surface area contributed by atoms with E-state index >= 15 is 0 Å². The molecule has 1 amide bonds. The van der Waals surface area contributed by atoms with Gasteiger partial charge in [-0.2, -0.15) is 0 Å². The molecule has 218 valence electrons. The number of anilines is 2. The summed E-state index contributed by atoms with van der Waals surface area (Å²) in [6.45, 7) is 29.7. The third-order valence-electron chi connectivity index (χ3n) is 9.27. The van der Waals surface area contributed by atoms with E-state index in [9.17, 15) is 4.79 Å². The number of nitrogens with zero attached hydrogens (tertiary/aromatic N) is 2. The molecule has 0 bridgehead atoms. The van der Waals surface area contributed by atoms with Crippen LogP contribution in [-0.2, 0) is 6.42 Å². The molecule has 2 N–H and O–H groups in total. The topological polar surface area (TPSA) is 56.8 Å². The van der Waals surface area contributed by atoms with Crippen molar-refractivity contribution < 1.29 is 9.53 Å². The predicted molar refractivity (Wildman–Crippen MR) is 173 cm³/mol. The molecule has 4 aliphatic rings. The van der Waals surface area contributed by atoms with Gasteiger partial charge in [-0.15, -0.1) is 0 Å². The molecule has 4 aliphatic heterocycles. The molecule has 6 rings (SSSR count). The third-order valence-corrected chi connectivity index (χ3v) is 9.27. The molecule has 6 nitrogen and oxygen atoms in total. The average molecular weight is 563 g/mol. The molecule has 0 spiro atoms. The number of rotatable bonds is 6. The maximum Gasteiger partial charge on any atom is 0.256 e. The van der Waals surface area contributed by atoms with E-state index < -0.39 is 0 Å². The lowest BCUT2D eigenvalue weighted by molar-refractivity contribution is 0.0764. The molecule has 0 aromatic heterocycles. The van der Waals surface area contributed by atoms with Gasteiger partial charge in [-0.25, -0.2) is 0 Å². The number of hydrogen-bond acceptors (Lipinski definition) is 5. The second-order valence-corrected chi connectivity index (χ2v) is 12.7. The fraction of sp³-hybridized carbons (Fsp3) is 0.361. The van der Waals surface area contributed by atoms with Crippen molar-refractivity contribution in [3.05, 3.63) is 108 Å². The molecule has 42 heavy (non-hydrogen) atoms. The van der Waals surface area contributed by atoms with Gasteiger partial charge in [-0.05, 0) is 80.3 Å². The fourth-order valence-electron chi connectivity index (χ4n) is 6.75. The van der Waals surface area contributed by atoms with Crippen molar-refractivity contribution in [2.45, 2.75) is 58.5 Å². The van der Waals surface area contributed by atoms with Crippen LogP contribution in [0.3, 0.4) is 0 Å². The molecular weight excluding hydrogens is 520 g/mol. The van der Waals surface area contributed by atoms with Gasteiger partial charge in [0.05, 0.1) is 29.9 Å². The predicted octanol–water partition coefficient (Wildman–Crippen LogP) is 7.20. The molecule has 4 heterocycles. The Bertz CT molecular complexity index is 1450. The van der Waals surface area contributed by atoms with Crippen LogP contribution in [0.1, 0.15) is 58.8 Å². The summed E-state index contributed by atoms with van der Waals surface area (Å²) in [4.78, 5) is 17.5.